The van der Waals surface area contributed by atoms with Gasteiger partial charge in [-0.15, -0.1) is 32.9 Å². The van der Waals surface area contributed by atoms with Gasteiger partial charge < -0.3 is 35.2 Å². The molecule has 55 heavy (non-hydrogen) atoms. The monoisotopic (exact) mass is 783 g/mol. The standard InChI is InChI=1S/C20H23N5O2S.C13H21NO2.C7H5N3S/c1-5-25(8-10-27-11-9-26)16-6-7-18(14(2)12-16)23-24-20-17(13-21)15(3)19(22-4)28-20;1-3-14(7-9-16-10-8-15)13-6-4-5-12(2)11-13;1-4-5(3-8)6(9)11-7(4)10-2/h6-7,12,26H,5,8-11H2,1-3H3;4-6,11,15H,3,7-10H2,1-2H3;9H2,1H3. The topological polar surface area (TPSA) is 172 Å². The number of likely N-dealkylation sites (N-methyl/N-ethyl adjacent to an activating group) is 2. The van der Waals surface area contributed by atoms with Gasteiger partial charge in [-0.3, -0.25) is 0 Å². The van der Waals surface area contributed by atoms with E-state index in [0.717, 1.165) is 43.1 Å². The second kappa shape index (κ2) is 24.9. The second-order valence-electron chi connectivity index (χ2n) is 11.8. The van der Waals surface area contributed by atoms with Gasteiger partial charge in [-0.05, 0) is 94.1 Å². The first-order valence-corrected chi connectivity index (χ1v) is 19.2. The number of aryl methyl sites for hydroxylation is 2. The van der Waals surface area contributed by atoms with Crippen LogP contribution in [0.15, 0.2) is 52.7 Å². The van der Waals surface area contributed by atoms with E-state index in [-0.39, 0.29) is 13.2 Å². The van der Waals surface area contributed by atoms with Crippen molar-refractivity contribution in [3.63, 3.8) is 0 Å². The SMILES string of the molecule is CCN(CCOCCO)c1cccc(C)c1.[C-]#[N+]c1sc(N)c(C#N)c1C.[C-]#[N+]c1sc(N=Nc2ccc(N(CC)CCOCCO)cc2C)c(C#N)c1C. The van der Waals surface area contributed by atoms with Crippen LogP contribution in [-0.4, -0.2) is 76.0 Å². The van der Waals surface area contributed by atoms with Crippen molar-refractivity contribution in [3.8, 4) is 12.1 Å². The molecule has 2 aromatic heterocycles. The van der Waals surface area contributed by atoms with Crippen molar-refractivity contribution in [3.05, 3.63) is 98.7 Å². The van der Waals surface area contributed by atoms with E-state index in [0.29, 0.717) is 68.7 Å². The van der Waals surface area contributed by atoms with E-state index < -0.39 is 0 Å². The molecule has 0 spiro atoms. The van der Waals surface area contributed by atoms with Crippen molar-refractivity contribution in [2.75, 3.05) is 81.4 Å². The minimum Gasteiger partial charge on any atom is -0.394 e. The Hall–Kier alpha value is -5.36. The Morgan fingerprint density at radius 2 is 1.31 bits per heavy atom. The number of ether oxygens (including phenoxy) is 2. The Kier molecular flexibility index (Phi) is 20.7. The van der Waals surface area contributed by atoms with E-state index in [1.165, 1.54) is 33.9 Å². The molecule has 2 heterocycles. The lowest BCUT2D eigenvalue weighted by Gasteiger charge is -2.23. The Bertz CT molecular complexity index is 2020. The van der Waals surface area contributed by atoms with Gasteiger partial charge in [-0.1, -0.05) is 12.1 Å². The average molecular weight is 784 g/mol. The summed E-state index contributed by atoms with van der Waals surface area (Å²) in [4.78, 5) is 11.1. The van der Waals surface area contributed by atoms with Gasteiger partial charge in [-0.25, -0.2) is 9.69 Å². The van der Waals surface area contributed by atoms with Gasteiger partial charge in [0.05, 0.1) is 74.6 Å². The van der Waals surface area contributed by atoms with Crippen LogP contribution < -0.4 is 15.5 Å². The molecule has 0 aliphatic carbocycles. The molecule has 0 atom stereocenters. The number of aliphatic hydroxyl groups excluding tert-OH is 2. The molecule has 0 saturated heterocycles. The number of hydrogen-bond donors (Lipinski definition) is 3. The molecule has 15 heteroatoms. The fourth-order valence-electron chi connectivity index (χ4n) is 5.06. The van der Waals surface area contributed by atoms with Gasteiger partial charge >= 0.3 is 0 Å². The zero-order valence-electron chi connectivity index (χ0n) is 32.3. The number of aliphatic hydroxyl groups is 2. The van der Waals surface area contributed by atoms with Crippen molar-refractivity contribution in [1.82, 2.24) is 0 Å². The smallest absolute Gasteiger partial charge is 0.247 e. The number of azo groups is 1. The van der Waals surface area contributed by atoms with Crippen molar-refractivity contribution in [2.45, 2.75) is 41.5 Å². The minimum absolute atomic E-state index is 0.0274. The number of hydrogen-bond acceptors (Lipinski definition) is 13. The molecule has 0 saturated carbocycles. The van der Waals surface area contributed by atoms with E-state index in [4.69, 9.17) is 43.8 Å². The molecule has 290 valence electrons. The van der Waals surface area contributed by atoms with Crippen LogP contribution in [0.5, 0.6) is 0 Å². The third-order valence-electron chi connectivity index (χ3n) is 8.09. The maximum atomic E-state index is 9.31. The Balaban J connectivity index is 0.000000324. The normalized spacial score (nSPS) is 10.3. The van der Waals surface area contributed by atoms with E-state index in [2.05, 4.69) is 80.8 Å². The molecule has 0 aliphatic heterocycles. The molecule has 4 aromatic rings. The summed E-state index contributed by atoms with van der Waals surface area (Å²) in [6, 6.07) is 18.4. The van der Waals surface area contributed by atoms with Crippen LogP contribution in [-0.2, 0) is 9.47 Å². The summed E-state index contributed by atoms with van der Waals surface area (Å²) in [5.74, 6) is 0. The van der Waals surface area contributed by atoms with Crippen LogP contribution in [0.25, 0.3) is 9.69 Å². The predicted molar refractivity (Wildman–Crippen MR) is 223 cm³/mol. The number of nitriles is 2. The Labute approximate surface area is 332 Å². The fourth-order valence-corrected chi connectivity index (χ4v) is 6.74. The van der Waals surface area contributed by atoms with Crippen molar-refractivity contribution in [2.24, 2.45) is 10.2 Å². The first-order chi connectivity index (χ1) is 26.5. The third-order valence-corrected chi connectivity index (χ3v) is 10.2. The molecule has 0 radical (unpaired) electrons. The van der Waals surface area contributed by atoms with Crippen molar-refractivity contribution < 1.29 is 19.7 Å². The first-order valence-electron chi connectivity index (χ1n) is 17.6. The summed E-state index contributed by atoms with van der Waals surface area (Å²) in [6.07, 6.45) is 0. The van der Waals surface area contributed by atoms with Crippen molar-refractivity contribution in [1.29, 1.82) is 10.5 Å². The summed E-state index contributed by atoms with van der Waals surface area (Å²) in [6.45, 7) is 31.2. The Morgan fingerprint density at radius 3 is 1.76 bits per heavy atom. The highest BCUT2D eigenvalue weighted by Crippen LogP contribution is 2.41. The van der Waals surface area contributed by atoms with Crippen LogP contribution in [0.3, 0.4) is 0 Å². The second-order valence-corrected chi connectivity index (χ2v) is 13.8. The van der Waals surface area contributed by atoms with Gasteiger partial charge in [0.1, 0.15) is 17.1 Å². The lowest BCUT2D eigenvalue weighted by molar-refractivity contribution is 0.0967. The molecule has 0 bridgehead atoms. The molecule has 13 nitrogen and oxygen atoms in total. The third kappa shape index (κ3) is 14.1. The molecule has 2 aromatic carbocycles. The van der Waals surface area contributed by atoms with Crippen LogP contribution in [0.1, 0.15) is 47.2 Å². The van der Waals surface area contributed by atoms with Gasteiger partial charge in [0.15, 0.2) is 0 Å². The largest absolute Gasteiger partial charge is 0.394 e. The van der Waals surface area contributed by atoms with Crippen LogP contribution in [0.4, 0.5) is 37.1 Å². The average Bonchev–Trinajstić information content (AvgIpc) is 3.66. The molecule has 0 fully saturated rings. The molecular weight excluding hydrogens is 735 g/mol. The van der Waals surface area contributed by atoms with Crippen LogP contribution >= 0.6 is 22.7 Å². The Morgan fingerprint density at radius 1 is 0.764 bits per heavy atom. The maximum absolute atomic E-state index is 9.31. The van der Waals surface area contributed by atoms with Crippen molar-refractivity contribution >= 4 is 59.7 Å². The summed E-state index contributed by atoms with van der Waals surface area (Å²) in [7, 11) is 0. The zero-order chi connectivity index (χ0) is 40.8. The number of thiophene rings is 2. The van der Waals surface area contributed by atoms with Gasteiger partial charge in [0.25, 0.3) is 0 Å². The number of nitrogens with zero attached hydrogens (tertiary/aromatic N) is 8. The molecule has 4 N–H and O–H groups in total. The van der Waals surface area contributed by atoms with Crippen LogP contribution in [0, 0.1) is 63.5 Å². The van der Waals surface area contributed by atoms with E-state index >= 15 is 0 Å². The highest BCUT2D eigenvalue weighted by Gasteiger charge is 2.15. The molecule has 0 amide bonds. The summed E-state index contributed by atoms with van der Waals surface area (Å²) >= 11 is 2.35. The van der Waals surface area contributed by atoms with Gasteiger partial charge in [-0.2, -0.15) is 10.5 Å². The van der Waals surface area contributed by atoms with E-state index in [1.54, 1.807) is 13.8 Å². The minimum atomic E-state index is 0.0274. The number of nitrogen functional groups attached to an aromatic ring is 1. The lowest BCUT2D eigenvalue weighted by Crippen LogP contribution is -2.27. The first kappa shape index (κ1) is 45.8. The number of anilines is 3. The van der Waals surface area contributed by atoms with Gasteiger partial charge in [0, 0.05) is 37.6 Å². The zero-order valence-corrected chi connectivity index (χ0v) is 33.9. The number of rotatable bonds is 16. The lowest BCUT2D eigenvalue weighted by atomic mass is 10.1. The fraction of sp³-hybridized carbons (Fsp3) is 0.400. The summed E-state index contributed by atoms with van der Waals surface area (Å²) in [5.41, 5.74) is 12.9. The number of benzene rings is 2. The van der Waals surface area contributed by atoms with Gasteiger partial charge in [0.2, 0.25) is 10.0 Å². The van der Waals surface area contributed by atoms with E-state index in [9.17, 15) is 5.26 Å². The summed E-state index contributed by atoms with van der Waals surface area (Å²) < 4.78 is 10.6. The maximum Gasteiger partial charge on any atom is 0.247 e. The molecule has 0 unspecified atom stereocenters. The van der Waals surface area contributed by atoms with E-state index in [1.807, 2.05) is 31.2 Å². The number of nitrogens with two attached hydrogens (primary N) is 1. The highest BCUT2D eigenvalue weighted by molar-refractivity contribution is 7.20. The quantitative estimate of drug-likeness (QED) is 0.0570. The summed E-state index contributed by atoms with van der Waals surface area (Å²) in [5, 5.41) is 45.7. The molecule has 4 rings (SSSR count). The molecule has 0 aliphatic rings. The van der Waals surface area contributed by atoms with Crippen LogP contribution in [0.2, 0.25) is 0 Å². The predicted octanol–water partition coefficient (Wildman–Crippen LogP) is 8.93. The molecular formula is C40H49N9O4S2. The highest BCUT2D eigenvalue weighted by atomic mass is 32.1.